The summed E-state index contributed by atoms with van der Waals surface area (Å²) in [6.45, 7) is 5.72. The van der Waals surface area contributed by atoms with Crippen LogP contribution in [0, 0.1) is 23.7 Å². The van der Waals surface area contributed by atoms with Gasteiger partial charge in [0.05, 0.1) is 6.04 Å². The monoisotopic (exact) mass is 532 g/mol. The van der Waals surface area contributed by atoms with Crippen molar-refractivity contribution in [1.29, 1.82) is 0 Å². The van der Waals surface area contributed by atoms with Crippen LogP contribution in [0.4, 0.5) is 4.79 Å². The number of rotatable bonds is 9. The summed E-state index contributed by atoms with van der Waals surface area (Å²) in [6, 6.07) is -2.52. The first kappa shape index (κ1) is 28.4. The summed E-state index contributed by atoms with van der Waals surface area (Å²) in [5.41, 5.74) is 4.52. The number of ketones is 1. The predicted molar refractivity (Wildman–Crippen MR) is 140 cm³/mol. The van der Waals surface area contributed by atoms with Gasteiger partial charge in [0, 0.05) is 6.54 Å². The molecule has 5 atom stereocenters. The Kier molecular flexibility index (Phi) is 8.67. The Hall–Kier alpha value is -2.65. The standard InChI is InChI=1S/C28H44N4O6/c1-28(2,3)38-27(37)31-22(19-14-17-7-4-5-8-18(17)15-19)26(36)32-12-6-9-21(32)25(35)30-20(13-16-10-11-16)23(33)24(29)34/h16-22H,4-15H2,1-3H3,(H2,29,34)(H,30,35)(H,31,37)/t17?,18?,19?,20?,21-,22?/m0/s1. The number of nitrogens with one attached hydrogen (secondary N) is 2. The Labute approximate surface area is 225 Å². The van der Waals surface area contributed by atoms with Gasteiger partial charge in [0.1, 0.15) is 17.7 Å². The number of alkyl carbamates (subject to hydrolysis) is 1. The maximum atomic E-state index is 14.0. The highest BCUT2D eigenvalue weighted by atomic mass is 16.6. The highest BCUT2D eigenvalue weighted by Crippen LogP contribution is 2.46. The number of carbonyl (C=O) groups excluding carboxylic acids is 5. The van der Waals surface area contributed by atoms with Gasteiger partial charge in [0.15, 0.2) is 0 Å². The summed E-state index contributed by atoms with van der Waals surface area (Å²) in [4.78, 5) is 65.6. The summed E-state index contributed by atoms with van der Waals surface area (Å²) in [5, 5.41) is 5.59. The highest BCUT2D eigenvalue weighted by Gasteiger charge is 2.46. The third-order valence-electron chi connectivity index (χ3n) is 8.67. The van der Waals surface area contributed by atoms with Gasteiger partial charge in [-0.15, -0.1) is 0 Å². The zero-order valence-electron chi connectivity index (χ0n) is 23.0. The van der Waals surface area contributed by atoms with E-state index in [0.717, 1.165) is 38.5 Å². The number of nitrogens with zero attached hydrogens (tertiary/aromatic N) is 1. The fourth-order valence-corrected chi connectivity index (χ4v) is 6.71. The molecule has 0 bridgehead atoms. The molecule has 1 aliphatic heterocycles. The van der Waals surface area contributed by atoms with E-state index in [-0.39, 0.29) is 11.8 Å². The molecule has 3 aliphatic carbocycles. The van der Waals surface area contributed by atoms with Gasteiger partial charge >= 0.3 is 6.09 Å². The van der Waals surface area contributed by atoms with Gasteiger partial charge in [-0.25, -0.2) is 4.79 Å². The van der Waals surface area contributed by atoms with Crippen molar-refractivity contribution < 1.29 is 28.7 Å². The molecule has 1 saturated heterocycles. The lowest BCUT2D eigenvalue weighted by molar-refractivity contribution is -0.143. The molecule has 1 heterocycles. The molecule has 10 heteroatoms. The quantitative estimate of drug-likeness (QED) is 0.389. The fourth-order valence-electron chi connectivity index (χ4n) is 6.71. The van der Waals surface area contributed by atoms with Gasteiger partial charge in [0.2, 0.25) is 17.6 Å². The number of ether oxygens (including phenoxy) is 1. The summed E-state index contributed by atoms with van der Waals surface area (Å²) >= 11 is 0. The van der Waals surface area contributed by atoms with E-state index in [1.807, 2.05) is 0 Å². The van der Waals surface area contributed by atoms with Crippen molar-refractivity contribution in [1.82, 2.24) is 15.5 Å². The molecule has 4 aliphatic rings. The van der Waals surface area contributed by atoms with E-state index < -0.39 is 47.4 Å². The van der Waals surface area contributed by atoms with E-state index in [1.54, 1.807) is 25.7 Å². The largest absolute Gasteiger partial charge is 0.444 e. The summed E-state index contributed by atoms with van der Waals surface area (Å²) < 4.78 is 5.50. The average molecular weight is 533 g/mol. The van der Waals surface area contributed by atoms with Crippen LogP contribution in [0.3, 0.4) is 0 Å². The molecule has 38 heavy (non-hydrogen) atoms. The second-order valence-corrected chi connectivity index (χ2v) is 12.8. The minimum atomic E-state index is -1.07. The maximum Gasteiger partial charge on any atom is 0.408 e. The number of Topliss-reactive ketones (excluding diaryl/α,β-unsaturated/α-hetero) is 1. The SMILES string of the molecule is CC(C)(C)OC(=O)NC(C(=O)N1CCC[C@H]1C(=O)NC(CC1CC1)C(=O)C(N)=O)C1CC2CCCCC2C1. The lowest BCUT2D eigenvalue weighted by atomic mass is 9.82. The van der Waals surface area contributed by atoms with Crippen LogP contribution < -0.4 is 16.4 Å². The zero-order chi connectivity index (χ0) is 27.6. The number of hydrogen-bond donors (Lipinski definition) is 3. The van der Waals surface area contributed by atoms with Crippen LogP contribution in [0.2, 0.25) is 0 Å². The molecule has 0 aromatic rings. The second kappa shape index (κ2) is 11.6. The topological polar surface area (TPSA) is 148 Å². The number of fused-ring (bicyclic) bond motifs is 1. The molecule has 4 rings (SSSR count). The van der Waals surface area contributed by atoms with Crippen LogP contribution in [0.15, 0.2) is 0 Å². The third-order valence-corrected chi connectivity index (χ3v) is 8.67. The van der Waals surface area contributed by atoms with Crippen LogP contribution in [-0.2, 0) is 23.9 Å². The molecule has 3 saturated carbocycles. The molecule has 4 amide bonds. The van der Waals surface area contributed by atoms with E-state index in [0.29, 0.717) is 43.6 Å². The Morgan fingerprint density at radius 2 is 1.55 bits per heavy atom. The van der Waals surface area contributed by atoms with Crippen LogP contribution in [-0.4, -0.2) is 64.8 Å². The zero-order valence-corrected chi connectivity index (χ0v) is 23.0. The number of hydrogen-bond acceptors (Lipinski definition) is 6. The molecular formula is C28H44N4O6. The Morgan fingerprint density at radius 1 is 0.921 bits per heavy atom. The maximum absolute atomic E-state index is 14.0. The third kappa shape index (κ3) is 7.05. The Bertz CT molecular complexity index is 928. The van der Waals surface area contributed by atoms with Crippen LogP contribution >= 0.6 is 0 Å². The van der Waals surface area contributed by atoms with Crippen molar-refractivity contribution in [3.63, 3.8) is 0 Å². The number of likely N-dealkylation sites (tertiary alicyclic amines) is 1. The Morgan fingerprint density at radius 3 is 2.11 bits per heavy atom. The Balaban J connectivity index is 1.49. The van der Waals surface area contributed by atoms with E-state index >= 15 is 0 Å². The first-order valence-electron chi connectivity index (χ1n) is 14.4. The van der Waals surface area contributed by atoms with Crippen molar-refractivity contribution in [3.05, 3.63) is 0 Å². The molecule has 212 valence electrons. The van der Waals surface area contributed by atoms with Crippen LogP contribution in [0.1, 0.15) is 91.4 Å². The van der Waals surface area contributed by atoms with Crippen molar-refractivity contribution in [3.8, 4) is 0 Å². The molecule has 4 unspecified atom stereocenters. The van der Waals surface area contributed by atoms with E-state index in [2.05, 4.69) is 10.6 Å². The molecular weight excluding hydrogens is 488 g/mol. The average Bonchev–Trinajstić information content (AvgIpc) is 3.35. The predicted octanol–water partition coefficient (Wildman–Crippen LogP) is 2.43. The number of carbonyl (C=O) groups is 5. The summed E-state index contributed by atoms with van der Waals surface area (Å²) in [7, 11) is 0. The van der Waals surface area contributed by atoms with Gasteiger partial charge in [-0.2, -0.15) is 0 Å². The van der Waals surface area contributed by atoms with E-state index in [9.17, 15) is 24.0 Å². The minimum absolute atomic E-state index is 0.0218. The van der Waals surface area contributed by atoms with Gasteiger partial charge in [-0.3, -0.25) is 19.2 Å². The van der Waals surface area contributed by atoms with E-state index in [4.69, 9.17) is 10.5 Å². The molecule has 4 N–H and O–H groups in total. The molecule has 0 aromatic heterocycles. The lowest BCUT2D eigenvalue weighted by Gasteiger charge is -2.32. The van der Waals surface area contributed by atoms with Crippen LogP contribution in [0.25, 0.3) is 0 Å². The molecule has 0 aromatic carbocycles. The minimum Gasteiger partial charge on any atom is -0.444 e. The van der Waals surface area contributed by atoms with Gasteiger partial charge in [0.25, 0.3) is 5.91 Å². The number of primary amides is 1. The van der Waals surface area contributed by atoms with Crippen molar-refractivity contribution in [2.24, 2.45) is 29.4 Å². The molecule has 4 fully saturated rings. The first-order chi connectivity index (χ1) is 17.9. The van der Waals surface area contributed by atoms with Crippen molar-refractivity contribution in [2.75, 3.05) is 6.54 Å². The van der Waals surface area contributed by atoms with Gasteiger partial charge in [-0.1, -0.05) is 38.5 Å². The first-order valence-corrected chi connectivity index (χ1v) is 14.4. The number of amides is 4. The normalized spacial score (nSPS) is 28.7. The number of nitrogens with two attached hydrogens (primary N) is 1. The second-order valence-electron chi connectivity index (χ2n) is 12.8. The van der Waals surface area contributed by atoms with Gasteiger partial charge in [-0.05, 0) is 76.5 Å². The molecule has 0 spiro atoms. The van der Waals surface area contributed by atoms with Crippen LogP contribution in [0.5, 0.6) is 0 Å². The van der Waals surface area contributed by atoms with Gasteiger partial charge < -0.3 is 26.0 Å². The fraction of sp³-hybridized carbons (Fsp3) is 0.821. The summed E-state index contributed by atoms with van der Waals surface area (Å²) in [6.07, 6.45) is 9.18. The lowest BCUT2D eigenvalue weighted by Crippen LogP contribution is -2.57. The smallest absolute Gasteiger partial charge is 0.408 e. The molecule has 0 radical (unpaired) electrons. The molecule has 10 nitrogen and oxygen atoms in total. The highest BCUT2D eigenvalue weighted by molar-refractivity contribution is 6.37. The van der Waals surface area contributed by atoms with E-state index in [1.165, 1.54) is 12.8 Å². The van der Waals surface area contributed by atoms with Crippen molar-refractivity contribution in [2.45, 2.75) is 115 Å². The summed E-state index contributed by atoms with van der Waals surface area (Å²) in [5.74, 6) is -1.22. The van der Waals surface area contributed by atoms with Crippen molar-refractivity contribution >= 4 is 29.6 Å².